The minimum atomic E-state index is -0.0931. The Bertz CT molecular complexity index is 494. The predicted molar refractivity (Wildman–Crippen MR) is 61.4 cm³/mol. The Balaban J connectivity index is 1.88. The summed E-state index contributed by atoms with van der Waals surface area (Å²) >= 11 is 0. The number of aromatic amines is 1. The fourth-order valence-electron chi connectivity index (χ4n) is 1.47. The summed E-state index contributed by atoms with van der Waals surface area (Å²) in [5.74, 6) is 0.668. The van der Waals surface area contributed by atoms with E-state index in [1.165, 1.54) is 6.33 Å². The van der Waals surface area contributed by atoms with Crippen LogP contribution < -0.4 is 5.32 Å². The van der Waals surface area contributed by atoms with Crippen molar-refractivity contribution in [3.05, 3.63) is 41.7 Å². The van der Waals surface area contributed by atoms with Gasteiger partial charge in [-0.2, -0.15) is 5.10 Å². The van der Waals surface area contributed by atoms with Crippen molar-refractivity contribution in [2.45, 2.75) is 13.3 Å². The van der Waals surface area contributed by atoms with Crippen molar-refractivity contribution in [1.29, 1.82) is 0 Å². The Hall–Kier alpha value is -2.24. The molecular weight excluding hydrogens is 218 g/mol. The maximum atomic E-state index is 11.8. The Morgan fingerprint density at radius 1 is 1.53 bits per heavy atom. The molecular formula is C11H13N5O. The molecule has 6 nitrogen and oxygen atoms in total. The van der Waals surface area contributed by atoms with Crippen LogP contribution in [-0.2, 0) is 6.42 Å². The Labute approximate surface area is 98.5 Å². The quantitative estimate of drug-likeness (QED) is 0.801. The van der Waals surface area contributed by atoms with Crippen molar-refractivity contribution in [3.8, 4) is 0 Å². The van der Waals surface area contributed by atoms with E-state index in [1.807, 2.05) is 6.92 Å². The molecule has 0 saturated heterocycles. The van der Waals surface area contributed by atoms with E-state index in [2.05, 4.69) is 25.5 Å². The number of nitrogens with zero attached hydrogens (tertiary/aromatic N) is 3. The number of H-pyrrole nitrogens is 1. The number of aryl methyl sites for hydroxylation is 1. The van der Waals surface area contributed by atoms with Crippen LogP contribution in [0.3, 0.4) is 0 Å². The molecule has 0 radical (unpaired) electrons. The van der Waals surface area contributed by atoms with Crippen molar-refractivity contribution in [2.24, 2.45) is 0 Å². The van der Waals surface area contributed by atoms with Gasteiger partial charge in [-0.15, -0.1) is 0 Å². The molecule has 88 valence electrons. The molecule has 0 aromatic carbocycles. The maximum absolute atomic E-state index is 11.8. The van der Waals surface area contributed by atoms with Gasteiger partial charge in [0.25, 0.3) is 5.91 Å². The molecule has 0 saturated carbocycles. The number of carbonyl (C=O) groups is 1. The molecule has 2 rings (SSSR count). The summed E-state index contributed by atoms with van der Waals surface area (Å²) in [6.45, 7) is 2.38. The molecule has 0 bridgehead atoms. The van der Waals surface area contributed by atoms with E-state index < -0.39 is 0 Å². The smallest absolute Gasteiger partial charge is 0.251 e. The normalized spacial score (nSPS) is 10.2. The van der Waals surface area contributed by atoms with E-state index in [0.29, 0.717) is 18.5 Å². The lowest BCUT2D eigenvalue weighted by atomic mass is 10.1. The predicted octanol–water partition coefficient (Wildman–Crippen LogP) is 0.481. The molecule has 0 atom stereocenters. The van der Waals surface area contributed by atoms with E-state index in [-0.39, 0.29) is 5.91 Å². The summed E-state index contributed by atoms with van der Waals surface area (Å²) in [5, 5.41) is 9.30. The first kappa shape index (κ1) is 11.3. The van der Waals surface area contributed by atoms with E-state index in [1.54, 1.807) is 18.5 Å². The average Bonchev–Trinajstić information content (AvgIpc) is 2.82. The molecule has 2 aromatic heterocycles. The number of hydrogen-bond acceptors (Lipinski definition) is 4. The second-order valence-electron chi connectivity index (χ2n) is 3.63. The van der Waals surface area contributed by atoms with Crippen molar-refractivity contribution < 1.29 is 4.79 Å². The van der Waals surface area contributed by atoms with Gasteiger partial charge in [-0.1, -0.05) is 0 Å². The topological polar surface area (TPSA) is 83.6 Å². The first-order valence-corrected chi connectivity index (χ1v) is 5.30. The Morgan fingerprint density at radius 3 is 3.12 bits per heavy atom. The molecule has 0 spiro atoms. The first-order valence-electron chi connectivity index (χ1n) is 5.30. The van der Waals surface area contributed by atoms with Crippen LogP contribution in [0.25, 0.3) is 0 Å². The Kier molecular flexibility index (Phi) is 3.44. The van der Waals surface area contributed by atoms with Gasteiger partial charge >= 0.3 is 0 Å². The maximum Gasteiger partial charge on any atom is 0.251 e. The number of rotatable bonds is 4. The molecule has 0 aliphatic carbocycles. The van der Waals surface area contributed by atoms with E-state index in [9.17, 15) is 4.79 Å². The van der Waals surface area contributed by atoms with Crippen molar-refractivity contribution >= 4 is 5.91 Å². The first-order chi connectivity index (χ1) is 8.27. The average molecular weight is 231 g/mol. The molecule has 2 heterocycles. The summed E-state index contributed by atoms with van der Waals surface area (Å²) in [6.07, 6.45) is 5.36. The summed E-state index contributed by atoms with van der Waals surface area (Å²) in [7, 11) is 0. The van der Waals surface area contributed by atoms with Crippen LogP contribution in [0.4, 0.5) is 0 Å². The van der Waals surface area contributed by atoms with Gasteiger partial charge in [0.05, 0.1) is 0 Å². The summed E-state index contributed by atoms with van der Waals surface area (Å²) < 4.78 is 0. The van der Waals surface area contributed by atoms with Gasteiger partial charge in [-0.3, -0.25) is 14.9 Å². The molecule has 6 heteroatoms. The summed E-state index contributed by atoms with van der Waals surface area (Å²) in [5.41, 5.74) is 1.52. The fraction of sp³-hybridized carbons (Fsp3) is 0.273. The number of amides is 1. The van der Waals surface area contributed by atoms with Crippen LogP contribution in [0.15, 0.2) is 24.8 Å². The lowest BCUT2D eigenvalue weighted by Gasteiger charge is -2.05. The third-order valence-electron chi connectivity index (χ3n) is 2.38. The second-order valence-corrected chi connectivity index (χ2v) is 3.63. The number of aromatic nitrogens is 4. The van der Waals surface area contributed by atoms with E-state index >= 15 is 0 Å². The fourth-order valence-corrected chi connectivity index (χ4v) is 1.47. The van der Waals surface area contributed by atoms with Crippen molar-refractivity contribution in [1.82, 2.24) is 25.5 Å². The van der Waals surface area contributed by atoms with Gasteiger partial charge < -0.3 is 5.32 Å². The number of carbonyl (C=O) groups excluding carboxylic acids is 1. The minimum Gasteiger partial charge on any atom is -0.352 e. The van der Waals surface area contributed by atoms with Crippen LogP contribution in [-0.4, -0.2) is 32.6 Å². The zero-order valence-electron chi connectivity index (χ0n) is 9.47. The highest BCUT2D eigenvalue weighted by Gasteiger charge is 2.07. The lowest BCUT2D eigenvalue weighted by molar-refractivity contribution is 0.0953. The van der Waals surface area contributed by atoms with Crippen LogP contribution >= 0.6 is 0 Å². The van der Waals surface area contributed by atoms with E-state index in [0.717, 1.165) is 11.4 Å². The third kappa shape index (κ3) is 2.87. The molecule has 0 unspecified atom stereocenters. The van der Waals surface area contributed by atoms with Crippen molar-refractivity contribution in [3.63, 3.8) is 0 Å². The number of hydrogen-bond donors (Lipinski definition) is 2. The van der Waals surface area contributed by atoms with Gasteiger partial charge in [0.2, 0.25) is 0 Å². The molecule has 0 aliphatic heterocycles. The highest BCUT2D eigenvalue weighted by Crippen LogP contribution is 2.04. The van der Waals surface area contributed by atoms with Crippen LogP contribution in [0, 0.1) is 6.92 Å². The number of pyridine rings is 1. The Morgan fingerprint density at radius 2 is 2.41 bits per heavy atom. The largest absolute Gasteiger partial charge is 0.352 e. The molecule has 2 N–H and O–H groups in total. The van der Waals surface area contributed by atoms with Gasteiger partial charge in [0, 0.05) is 30.9 Å². The van der Waals surface area contributed by atoms with Crippen molar-refractivity contribution in [2.75, 3.05) is 6.54 Å². The van der Waals surface area contributed by atoms with E-state index in [4.69, 9.17) is 0 Å². The molecule has 0 aliphatic rings. The monoisotopic (exact) mass is 231 g/mol. The third-order valence-corrected chi connectivity index (χ3v) is 2.38. The standard InChI is InChI=1S/C11H13N5O/c1-8-6-12-4-2-9(8)11(17)13-5-3-10-14-7-15-16-10/h2,4,6-7H,3,5H2,1H3,(H,13,17)(H,14,15,16). The van der Waals surface area contributed by atoms with Gasteiger partial charge in [0.1, 0.15) is 12.2 Å². The lowest BCUT2D eigenvalue weighted by Crippen LogP contribution is -2.26. The molecule has 2 aromatic rings. The second kappa shape index (κ2) is 5.20. The van der Waals surface area contributed by atoms with Crippen LogP contribution in [0.5, 0.6) is 0 Å². The zero-order chi connectivity index (χ0) is 12.1. The minimum absolute atomic E-state index is 0.0931. The van der Waals surface area contributed by atoms with Crippen LogP contribution in [0.1, 0.15) is 21.7 Å². The highest BCUT2D eigenvalue weighted by atomic mass is 16.1. The summed E-state index contributed by atoms with van der Waals surface area (Å²) in [4.78, 5) is 19.7. The summed E-state index contributed by atoms with van der Waals surface area (Å²) in [6, 6.07) is 1.71. The highest BCUT2D eigenvalue weighted by molar-refractivity contribution is 5.95. The SMILES string of the molecule is Cc1cnccc1C(=O)NCCc1ncn[nH]1. The molecule has 1 amide bonds. The number of nitrogens with one attached hydrogen (secondary N) is 2. The van der Waals surface area contributed by atoms with Crippen LogP contribution in [0.2, 0.25) is 0 Å². The zero-order valence-corrected chi connectivity index (χ0v) is 9.47. The van der Waals surface area contributed by atoms with Gasteiger partial charge in [-0.05, 0) is 18.6 Å². The molecule has 17 heavy (non-hydrogen) atoms. The van der Waals surface area contributed by atoms with Gasteiger partial charge in [0.15, 0.2) is 0 Å². The molecule has 0 fully saturated rings. The van der Waals surface area contributed by atoms with Gasteiger partial charge in [-0.25, -0.2) is 4.98 Å².